The number of carbonyl (C=O) groups is 1. The Morgan fingerprint density at radius 2 is 1.52 bits per heavy atom. The number of nitrogens with one attached hydrogen (secondary N) is 1. The number of hydrogen-bond donors (Lipinski definition) is 1. The molecule has 2 saturated heterocycles. The fraction of sp³-hybridized carbons (Fsp3) is 0.519. The van der Waals surface area contributed by atoms with Crippen LogP contribution in [0.4, 0.5) is 0 Å². The molecule has 2 aromatic carbocycles. The third kappa shape index (κ3) is 6.91. The normalized spacial score (nSPS) is 18.7. The van der Waals surface area contributed by atoms with Gasteiger partial charge in [-0.05, 0) is 87.5 Å². The minimum Gasteiger partial charge on any atom is -0.351 e. The molecule has 0 aliphatic carbocycles. The molecule has 0 bridgehead atoms. The topological polar surface area (TPSA) is 35.6 Å². The van der Waals surface area contributed by atoms with Crippen LogP contribution >= 0.6 is 0 Å². The largest absolute Gasteiger partial charge is 0.351 e. The molecule has 0 atom stereocenters. The zero-order valence-corrected chi connectivity index (χ0v) is 18.8. The van der Waals surface area contributed by atoms with Gasteiger partial charge in [0.15, 0.2) is 0 Å². The number of hydrogen-bond acceptors (Lipinski definition) is 3. The maximum absolute atomic E-state index is 12.4. The summed E-state index contributed by atoms with van der Waals surface area (Å²) < 4.78 is 0. The van der Waals surface area contributed by atoms with E-state index in [1.807, 2.05) is 12.1 Å². The van der Waals surface area contributed by atoms with Crippen LogP contribution in [0.15, 0.2) is 54.6 Å². The third-order valence-corrected chi connectivity index (χ3v) is 6.86. The average Bonchev–Trinajstić information content (AvgIpc) is 2.82. The van der Waals surface area contributed by atoms with E-state index in [0.29, 0.717) is 0 Å². The van der Waals surface area contributed by atoms with Gasteiger partial charge in [0.25, 0.3) is 5.91 Å². The number of amides is 1. The first kappa shape index (κ1) is 22.0. The molecule has 4 heteroatoms. The van der Waals surface area contributed by atoms with Gasteiger partial charge in [-0.1, -0.05) is 48.9 Å². The fourth-order valence-electron chi connectivity index (χ4n) is 4.93. The monoisotopic (exact) mass is 419 g/mol. The maximum atomic E-state index is 12.4. The first-order chi connectivity index (χ1) is 15.3. The van der Waals surface area contributed by atoms with E-state index in [4.69, 9.17) is 0 Å². The van der Waals surface area contributed by atoms with E-state index >= 15 is 0 Å². The Morgan fingerprint density at radius 3 is 2.23 bits per heavy atom. The predicted octanol–water partition coefficient (Wildman–Crippen LogP) is 4.36. The Morgan fingerprint density at radius 1 is 0.806 bits per heavy atom. The van der Waals surface area contributed by atoms with Gasteiger partial charge >= 0.3 is 0 Å². The lowest BCUT2D eigenvalue weighted by atomic mass is 9.90. The highest BCUT2D eigenvalue weighted by atomic mass is 16.1. The summed E-state index contributed by atoms with van der Waals surface area (Å²) in [5, 5.41) is 3.08. The number of benzene rings is 2. The number of rotatable bonds is 8. The Bertz CT molecular complexity index is 791. The Balaban J connectivity index is 1.17. The molecule has 0 spiro atoms. The van der Waals surface area contributed by atoms with Crippen LogP contribution < -0.4 is 5.32 Å². The van der Waals surface area contributed by atoms with Crippen LogP contribution in [0.3, 0.4) is 0 Å². The van der Waals surface area contributed by atoms with E-state index < -0.39 is 0 Å². The first-order valence-electron chi connectivity index (χ1n) is 12.1. The van der Waals surface area contributed by atoms with E-state index in [0.717, 1.165) is 44.2 Å². The molecule has 0 saturated carbocycles. The van der Waals surface area contributed by atoms with E-state index in [1.165, 1.54) is 62.7 Å². The van der Waals surface area contributed by atoms with Gasteiger partial charge in [-0.2, -0.15) is 0 Å². The summed E-state index contributed by atoms with van der Waals surface area (Å²) in [6.45, 7) is 7.35. The molecule has 2 aliphatic heterocycles. The summed E-state index contributed by atoms with van der Waals surface area (Å²) in [5.41, 5.74) is 3.53. The molecule has 2 fully saturated rings. The van der Waals surface area contributed by atoms with E-state index in [2.05, 4.69) is 57.6 Å². The molecule has 0 radical (unpaired) electrons. The van der Waals surface area contributed by atoms with Crippen LogP contribution in [-0.2, 0) is 13.0 Å². The predicted molar refractivity (Wildman–Crippen MR) is 127 cm³/mol. The van der Waals surface area contributed by atoms with Crippen molar-refractivity contribution in [1.29, 1.82) is 0 Å². The van der Waals surface area contributed by atoms with Crippen LogP contribution in [0.25, 0.3) is 0 Å². The summed E-state index contributed by atoms with van der Waals surface area (Å²) in [6.07, 6.45) is 7.68. The van der Waals surface area contributed by atoms with Crippen molar-refractivity contribution in [2.45, 2.75) is 45.1 Å². The first-order valence-corrected chi connectivity index (χ1v) is 12.1. The quantitative estimate of drug-likeness (QED) is 0.691. The zero-order valence-electron chi connectivity index (χ0n) is 18.8. The van der Waals surface area contributed by atoms with Gasteiger partial charge in [-0.25, -0.2) is 0 Å². The molecule has 2 heterocycles. The van der Waals surface area contributed by atoms with E-state index in [-0.39, 0.29) is 5.91 Å². The summed E-state index contributed by atoms with van der Waals surface area (Å²) in [7, 11) is 0. The molecule has 4 nitrogen and oxygen atoms in total. The molecular weight excluding hydrogens is 382 g/mol. The Labute approximate surface area is 187 Å². The lowest BCUT2D eigenvalue weighted by Gasteiger charge is -2.32. The van der Waals surface area contributed by atoms with Gasteiger partial charge in [-0.3, -0.25) is 9.69 Å². The SMILES string of the molecule is O=C(NCCN1CCCCC1)c1ccc(CN2CCC(Cc3ccccc3)CC2)cc1. The van der Waals surface area contributed by atoms with Crippen molar-refractivity contribution in [3.05, 3.63) is 71.3 Å². The van der Waals surface area contributed by atoms with Gasteiger partial charge in [0, 0.05) is 25.2 Å². The lowest BCUT2D eigenvalue weighted by Crippen LogP contribution is -2.37. The van der Waals surface area contributed by atoms with Crippen molar-refractivity contribution >= 4 is 5.91 Å². The van der Waals surface area contributed by atoms with Crippen molar-refractivity contribution in [1.82, 2.24) is 15.1 Å². The van der Waals surface area contributed by atoms with E-state index in [9.17, 15) is 4.79 Å². The molecule has 4 rings (SSSR count). The van der Waals surface area contributed by atoms with Crippen LogP contribution in [0, 0.1) is 5.92 Å². The third-order valence-electron chi connectivity index (χ3n) is 6.86. The maximum Gasteiger partial charge on any atom is 0.251 e. The molecular formula is C27H37N3O. The van der Waals surface area contributed by atoms with Gasteiger partial charge in [-0.15, -0.1) is 0 Å². The van der Waals surface area contributed by atoms with Crippen LogP contribution in [-0.4, -0.2) is 55.0 Å². The standard InChI is InChI=1S/C27H37N3O/c31-27(28-15-20-29-16-5-2-6-17-29)26-11-9-25(10-12-26)22-30-18-13-24(14-19-30)21-23-7-3-1-4-8-23/h1,3-4,7-12,24H,2,5-6,13-22H2,(H,28,31). The second-order valence-corrected chi connectivity index (χ2v) is 9.26. The molecule has 2 aromatic rings. The number of carbonyl (C=O) groups excluding carboxylic acids is 1. The zero-order chi connectivity index (χ0) is 21.3. The molecule has 1 amide bonds. The van der Waals surface area contributed by atoms with Gasteiger partial charge in [0.1, 0.15) is 0 Å². The summed E-state index contributed by atoms with van der Waals surface area (Å²) in [6, 6.07) is 19.1. The van der Waals surface area contributed by atoms with Crippen molar-refractivity contribution in [3.8, 4) is 0 Å². The summed E-state index contributed by atoms with van der Waals surface area (Å²) in [5.74, 6) is 0.847. The smallest absolute Gasteiger partial charge is 0.251 e. The molecule has 2 aliphatic rings. The van der Waals surface area contributed by atoms with Crippen molar-refractivity contribution in [2.24, 2.45) is 5.92 Å². The minimum atomic E-state index is 0.0466. The highest BCUT2D eigenvalue weighted by Crippen LogP contribution is 2.23. The van der Waals surface area contributed by atoms with Crippen LogP contribution in [0.5, 0.6) is 0 Å². The van der Waals surface area contributed by atoms with Gasteiger partial charge < -0.3 is 10.2 Å². The second kappa shape index (κ2) is 11.4. The Kier molecular flexibility index (Phi) is 8.14. The number of nitrogens with zero attached hydrogens (tertiary/aromatic N) is 2. The number of piperidine rings is 2. The fourth-order valence-corrected chi connectivity index (χ4v) is 4.93. The van der Waals surface area contributed by atoms with Crippen molar-refractivity contribution in [3.63, 3.8) is 0 Å². The Hall–Kier alpha value is -2.17. The molecule has 1 N–H and O–H groups in total. The molecule has 0 unspecified atom stereocenters. The van der Waals surface area contributed by atoms with E-state index in [1.54, 1.807) is 0 Å². The highest BCUT2D eigenvalue weighted by molar-refractivity contribution is 5.94. The average molecular weight is 420 g/mol. The van der Waals surface area contributed by atoms with Gasteiger partial charge in [0.2, 0.25) is 0 Å². The lowest BCUT2D eigenvalue weighted by molar-refractivity contribution is 0.0946. The molecule has 0 aromatic heterocycles. The second-order valence-electron chi connectivity index (χ2n) is 9.26. The highest BCUT2D eigenvalue weighted by Gasteiger charge is 2.19. The molecule has 31 heavy (non-hydrogen) atoms. The van der Waals surface area contributed by atoms with Crippen LogP contribution in [0.1, 0.15) is 53.6 Å². The van der Waals surface area contributed by atoms with Gasteiger partial charge in [0.05, 0.1) is 0 Å². The van der Waals surface area contributed by atoms with Crippen molar-refractivity contribution in [2.75, 3.05) is 39.3 Å². The van der Waals surface area contributed by atoms with Crippen molar-refractivity contribution < 1.29 is 4.79 Å². The van der Waals surface area contributed by atoms with Crippen LogP contribution in [0.2, 0.25) is 0 Å². The number of likely N-dealkylation sites (tertiary alicyclic amines) is 2. The minimum absolute atomic E-state index is 0.0466. The summed E-state index contributed by atoms with van der Waals surface area (Å²) in [4.78, 5) is 17.4. The molecule has 166 valence electrons. The summed E-state index contributed by atoms with van der Waals surface area (Å²) >= 11 is 0.